The zero-order chi connectivity index (χ0) is 16.7. The molecule has 1 aromatic heterocycles. The van der Waals surface area contributed by atoms with Gasteiger partial charge in [0.25, 0.3) is 0 Å². The fourth-order valence-corrected chi connectivity index (χ4v) is 3.92. The van der Waals surface area contributed by atoms with Gasteiger partial charge in [0.05, 0.1) is 17.2 Å². The van der Waals surface area contributed by atoms with Crippen molar-refractivity contribution in [3.63, 3.8) is 0 Å². The number of thiazole rings is 1. The molecule has 1 unspecified atom stereocenters. The number of piperidine rings is 1. The maximum absolute atomic E-state index is 4.73. The average molecular weight is 465 g/mol. The summed E-state index contributed by atoms with van der Waals surface area (Å²) in [6, 6.07) is 0. The molecule has 1 aliphatic rings. The molecule has 138 valence electrons. The van der Waals surface area contributed by atoms with Crippen LogP contribution in [0.1, 0.15) is 42.3 Å². The number of aryl methyl sites for hydroxylation is 2. The van der Waals surface area contributed by atoms with E-state index in [4.69, 9.17) is 4.99 Å². The Balaban J connectivity index is 0.00000288. The Morgan fingerprint density at radius 3 is 2.75 bits per heavy atom. The first-order valence-electron chi connectivity index (χ1n) is 8.79. The van der Waals surface area contributed by atoms with Crippen molar-refractivity contribution in [2.24, 2.45) is 10.9 Å². The predicted octanol–water partition coefficient (Wildman–Crippen LogP) is 3.16. The largest absolute Gasteiger partial charge is 0.357 e. The fourth-order valence-electron chi connectivity index (χ4n) is 3.06. The molecule has 0 radical (unpaired) electrons. The summed E-state index contributed by atoms with van der Waals surface area (Å²) in [7, 11) is 0. The number of nitrogens with one attached hydrogen (secondary N) is 2. The third kappa shape index (κ3) is 6.84. The Labute approximate surface area is 167 Å². The van der Waals surface area contributed by atoms with E-state index in [0.29, 0.717) is 6.54 Å². The predicted molar refractivity (Wildman–Crippen MR) is 115 cm³/mol. The second kappa shape index (κ2) is 11.3. The van der Waals surface area contributed by atoms with Crippen LogP contribution < -0.4 is 10.6 Å². The van der Waals surface area contributed by atoms with Crippen LogP contribution in [-0.2, 0) is 6.54 Å². The van der Waals surface area contributed by atoms with Crippen molar-refractivity contribution in [2.45, 2.75) is 47.1 Å². The third-order valence-electron chi connectivity index (χ3n) is 4.33. The number of hydrogen-bond donors (Lipinski definition) is 2. The third-order valence-corrected chi connectivity index (χ3v) is 5.39. The second-order valence-corrected chi connectivity index (χ2v) is 7.51. The first kappa shape index (κ1) is 21.6. The summed E-state index contributed by atoms with van der Waals surface area (Å²) in [4.78, 5) is 13.0. The quantitative estimate of drug-likeness (QED) is 0.385. The molecule has 5 nitrogen and oxygen atoms in total. The minimum atomic E-state index is 0. The molecule has 0 amide bonds. The van der Waals surface area contributed by atoms with E-state index in [1.807, 2.05) is 0 Å². The highest BCUT2D eigenvalue weighted by molar-refractivity contribution is 14.0. The summed E-state index contributed by atoms with van der Waals surface area (Å²) in [6.45, 7) is 14.7. The van der Waals surface area contributed by atoms with Crippen LogP contribution in [0.4, 0.5) is 0 Å². The van der Waals surface area contributed by atoms with Gasteiger partial charge in [-0.2, -0.15) is 0 Å². The number of likely N-dealkylation sites (tertiary alicyclic amines) is 1. The molecule has 0 saturated carbocycles. The molecule has 24 heavy (non-hydrogen) atoms. The highest BCUT2D eigenvalue weighted by Crippen LogP contribution is 2.18. The number of hydrogen-bond acceptors (Lipinski definition) is 4. The van der Waals surface area contributed by atoms with Crippen LogP contribution in [0.5, 0.6) is 0 Å². The van der Waals surface area contributed by atoms with Crippen molar-refractivity contribution in [1.82, 2.24) is 20.5 Å². The molecule has 0 spiro atoms. The molecule has 2 rings (SSSR count). The maximum atomic E-state index is 4.73. The normalized spacial score (nSPS) is 19.0. The molecule has 2 N–H and O–H groups in total. The molecule has 1 atom stereocenters. The van der Waals surface area contributed by atoms with Crippen LogP contribution in [0.2, 0.25) is 0 Å². The van der Waals surface area contributed by atoms with Crippen LogP contribution in [0.25, 0.3) is 0 Å². The van der Waals surface area contributed by atoms with Gasteiger partial charge >= 0.3 is 0 Å². The number of nitrogens with zero attached hydrogens (tertiary/aromatic N) is 3. The first-order valence-corrected chi connectivity index (χ1v) is 9.61. The topological polar surface area (TPSA) is 52.6 Å². The molecule has 1 aromatic rings. The smallest absolute Gasteiger partial charge is 0.191 e. The molecular formula is C17H32IN5S. The fraction of sp³-hybridized carbons (Fsp3) is 0.765. The SMILES string of the molecule is CCNC(=NCc1sc(C)nc1C)NCC1CCCN(CC)C1.I. The van der Waals surface area contributed by atoms with Crippen LogP contribution >= 0.6 is 35.3 Å². The zero-order valence-electron chi connectivity index (χ0n) is 15.4. The van der Waals surface area contributed by atoms with E-state index in [0.717, 1.165) is 42.2 Å². The van der Waals surface area contributed by atoms with Gasteiger partial charge in [0.1, 0.15) is 0 Å². The van der Waals surface area contributed by atoms with Gasteiger partial charge in [0.2, 0.25) is 0 Å². The lowest BCUT2D eigenvalue weighted by Gasteiger charge is -2.32. The van der Waals surface area contributed by atoms with Crippen LogP contribution in [-0.4, -0.2) is 48.6 Å². The van der Waals surface area contributed by atoms with Gasteiger partial charge in [-0.3, -0.25) is 0 Å². The molecule has 0 aliphatic carbocycles. The van der Waals surface area contributed by atoms with Gasteiger partial charge in [-0.15, -0.1) is 35.3 Å². The van der Waals surface area contributed by atoms with Crippen LogP contribution in [0.15, 0.2) is 4.99 Å². The summed E-state index contributed by atoms with van der Waals surface area (Å²) in [5, 5.41) is 8.00. The van der Waals surface area contributed by atoms with E-state index in [1.165, 1.54) is 30.8 Å². The van der Waals surface area contributed by atoms with Gasteiger partial charge in [-0.1, -0.05) is 6.92 Å². The molecule has 7 heteroatoms. The summed E-state index contributed by atoms with van der Waals surface area (Å²) >= 11 is 1.74. The Hall–Kier alpha value is -0.410. The van der Waals surface area contributed by atoms with Gasteiger partial charge in [-0.25, -0.2) is 9.98 Å². The highest BCUT2D eigenvalue weighted by Gasteiger charge is 2.18. The molecule has 0 bridgehead atoms. The molecule has 1 aliphatic heterocycles. The van der Waals surface area contributed by atoms with Gasteiger partial charge in [0.15, 0.2) is 5.96 Å². The number of halogens is 1. The number of rotatable bonds is 6. The monoisotopic (exact) mass is 465 g/mol. The standard InChI is InChI=1S/C17H31N5S.HI/c1-5-18-17(20-11-16-13(3)21-14(4)23-16)19-10-15-8-7-9-22(6-2)12-15;/h15H,5-12H2,1-4H3,(H2,18,19,20);1H. The first-order chi connectivity index (χ1) is 11.1. The molecule has 0 aromatic carbocycles. The lowest BCUT2D eigenvalue weighted by molar-refractivity contribution is 0.183. The van der Waals surface area contributed by atoms with Crippen molar-refractivity contribution in [2.75, 3.05) is 32.7 Å². The van der Waals surface area contributed by atoms with E-state index in [9.17, 15) is 0 Å². The summed E-state index contributed by atoms with van der Waals surface area (Å²) in [5.41, 5.74) is 1.11. The van der Waals surface area contributed by atoms with E-state index < -0.39 is 0 Å². The van der Waals surface area contributed by atoms with E-state index in [1.54, 1.807) is 11.3 Å². The molecule has 1 saturated heterocycles. The van der Waals surface area contributed by atoms with Crippen molar-refractivity contribution in [3.8, 4) is 0 Å². The Morgan fingerprint density at radius 2 is 2.12 bits per heavy atom. The van der Waals surface area contributed by atoms with Crippen LogP contribution in [0, 0.1) is 19.8 Å². The van der Waals surface area contributed by atoms with Crippen molar-refractivity contribution in [3.05, 3.63) is 15.6 Å². The Morgan fingerprint density at radius 1 is 1.33 bits per heavy atom. The second-order valence-electron chi connectivity index (χ2n) is 6.22. The Bertz CT molecular complexity index is 517. The minimum Gasteiger partial charge on any atom is -0.357 e. The zero-order valence-corrected chi connectivity index (χ0v) is 18.5. The number of guanidine groups is 1. The molecule has 1 fully saturated rings. The van der Waals surface area contributed by atoms with E-state index >= 15 is 0 Å². The summed E-state index contributed by atoms with van der Waals surface area (Å²) < 4.78 is 0. The van der Waals surface area contributed by atoms with E-state index in [2.05, 4.69) is 48.2 Å². The number of aromatic nitrogens is 1. The van der Waals surface area contributed by atoms with Crippen molar-refractivity contribution < 1.29 is 0 Å². The lowest BCUT2D eigenvalue weighted by atomic mass is 9.98. The average Bonchev–Trinajstić information content (AvgIpc) is 2.88. The molecule has 2 heterocycles. The van der Waals surface area contributed by atoms with Gasteiger partial charge in [-0.05, 0) is 52.6 Å². The maximum Gasteiger partial charge on any atom is 0.191 e. The van der Waals surface area contributed by atoms with Crippen molar-refractivity contribution in [1.29, 1.82) is 0 Å². The van der Waals surface area contributed by atoms with Gasteiger partial charge < -0.3 is 15.5 Å². The Kier molecular flexibility index (Phi) is 10.1. The van der Waals surface area contributed by atoms with Crippen molar-refractivity contribution >= 4 is 41.3 Å². The van der Waals surface area contributed by atoms with Crippen LogP contribution in [0.3, 0.4) is 0 Å². The minimum absolute atomic E-state index is 0. The number of aliphatic imine (C=N–C) groups is 1. The van der Waals surface area contributed by atoms with Gasteiger partial charge in [0, 0.05) is 24.5 Å². The summed E-state index contributed by atoms with van der Waals surface area (Å²) in [6.07, 6.45) is 2.63. The lowest BCUT2D eigenvalue weighted by Crippen LogP contribution is -2.44. The molecular weight excluding hydrogens is 433 g/mol. The summed E-state index contributed by atoms with van der Waals surface area (Å²) in [5.74, 6) is 1.64. The highest BCUT2D eigenvalue weighted by atomic mass is 127. The van der Waals surface area contributed by atoms with E-state index in [-0.39, 0.29) is 24.0 Å².